The normalized spacial score (nSPS) is 17.0. The van der Waals surface area contributed by atoms with Crippen molar-refractivity contribution in [2.75, 3.05) is 26.9 Å². The summed E-state index contributed by atoms with van der Waals surface area (Å²) in [7, 11) is 1.78. The van der Waals surface area contributed by atoms with Crippen LogP contribution in [0.5, 0.6) is 5.75 Å². The molecule has 0 radical (unpaired) electrons. The van der Waals surface area contributed by atoms with E-state index in [4.69, 9.17) is 9.47 Å². The molecule has 28 heavy (non-hydrogen) atoms. The van der Waals surface area contributed by atoms with Crippen molar-refractivity contribution >= 4 is 17.3 Å². The van der Waals surface area contributed by atoms with E-state index in [1.54, 1.807) is 18.4 Å². The van der Waals surface area contributed by atoms with E-state index in [2.05, 4.69) is 45.7 Å². The van der Waals surface area contributed by atoms with Gasteiger partial charge in [0, 0.05) is 36.6 Å². The van der Waals surface area contributed by atoms with Crippen LogP contribution >= 0.6 is 11.3 Å². The van der Waals surface area contributed by atoms with Crippen LogP contribution in [-0.4, -0.2) is 37.8 Å². The number of aromatic nitrogens is 1. The van der Waals surface area contributed by atoms with Gasteiger partial charge >= 0.3 is 0 Å². The summed E-state index contributed by atoms with van der Waals surface area (Å²) >= 11 is 1.72. The highest BCUT2D eigenvalue weighted by Crippen LogP contribution is 2.23. The van der Waals surface area contributed by atoms with E-state index in [-0.39, 0.29) is 0 Å². The molecule has 0 saturated carbocycles. The van der Waals surface area contributed by atoms with Gasteiger partial charge in [-0.3, -0.25) is 4.99 Å². The Bertz CT molecular complexity index is 813. The number of ether oxygens (including phenoxy) is 2. The zero-order valence-electron chi connectivity index (χ0n) is 17.2. The number of nitrogens with zero attached hydrogens (tertiary/aromatic N) is 2. The Kier molecular flexibility index (Phi) is 7.28. The maximum atomic E-state index is 6.13. The van der Waals surface area contributed by atoms with Gasteiger partial charge in [0.15, 0.2) is 5.96 Å². The van der Waals surface area contributed by atoms with Gasteiger partial charge in [-0.15, -0.1) is 11.3 Å². The third-order valence-electron chi connectivity index (χ3n) is 4.81. The number of hydrogen-bond acceptors (Lipinski definition) is 5. The molecule has 2 heterocycles. The molecule has 1 saturated heterocycles. The molecule has 1 atom stereocenters. The first-order chi connectivity index (χ1) is 13.5. The number of benzene rings is 1. The lowest BCUT2D eigenvalue weighted by molar-refractivity contribution is 0.166. The fraction of sp³-hybridized carbons (Fsp3) is 0.524. The molecule has 1 aromatic heterocycles. The Morgan fingerprint density at radius 2 is 2.11 bits per heavy atom. The zero-order chi connectivity index (χ0) is 19.9. The molecule has 7 heteroatoms. The van der Waals surface area contributed by atoms with Crippen LogP contribution in [0.4, 0.5) is 0 Å². The van der Waals surface area contributed by atoms with E-state index in [1.165, 1.54) is 10.4 Å². The third-order valence-corrected chi connectivity index (χ3v) is 5.88. The van der Waals surface area contributed by atoms with Crippen molar-refractivity contribution in [3.05, 3.63) is 44.9 Å². The van der Waals surface area contributed by atoms with Gasteiger partial charge in [0.2, 0.25) is 0 Å². The van der Waals surface area contributed by atoms with E-state index < -0.39 is 0 Å². The van der Waals surface area contributed by atoms with Gasteiger partial charge in [0.25, 0.3) is 0 Å². The summed E-state index contributed by atoms with van der Waals surface area (Å²) in [6, 6.07) is 6.33. The molecule has 0 bridgehead atoms. The molecule has 152 valence electrons. The lowest BCUT2D eigenvalue weighted by Gasteiger charge is -2.17. The number of aryl methyl sites for hydroxylation is 3. The van der Waals surface area contributed by atoms with Gasteiger partial charge in [-0.05, 0) is 38.8 Å². The minimum atomic E-state index is 0.488. The minimum Gasteiger partial charge on any atom is -0.493 e. The summed E-state index contributed by atoms with van der Waals surface area (Å²) in [5.41, 5.74) is 3.40. The molecular weight excluding hydrogens is 372 g/mol. The van der Waals surface area contributed by atoms with Crippen LogP contribution in [0.2, 0.25) is 0 Å². The molecule has 1 aliphatic rings. The highest BCUT2D eigenvalue weighted by atomic mass is 32.1. The van der Waals surface area contributed by atoms with E-state index in [1.807, 2.05) is 13.8 Å². The molecule has 2 aromatic rings. The van der Waals surface area contributed by atoms with Crippen LogP contribution < -0.4 is 15.4 Å². The van der Waals surface area contributed by atoms with Gasteiger partial charge in [0.05, 0.1) is 30.5 Å². The topological polar surface area (TPSA) is 67.8 Å². The standard InChI is InChI=1S/C21H30N4O2S/c1-14-5-6-18(19(9-14)27-13-17-7-8-26-12-17)10-23-21(22-4)24-11-20-15(2)25-16(3)28-20/h5-6,9,17H,7-8,10-13H2,1-4H3,(H2,22,23,24). The van der Waals surface area contributed by atoms with Gasteiger partial charge in [-0.1, -0.05) is 12.1 Å². The quantitative estimate of drug-likeness (QED) is 0.549. The van der Waals surface area contributed by atoms with Crippen LogP contribution in [0.25, 0.3) is 0 Å². The van der Waals surface area contributed by atoms with E-state index in [0.29, 0.717) is 19.1 Å². The third kappa shape index (κ3) is 5.69. The van der Waals surface area contributed by atoms with Crippen molar-refractivity contribution in [3.63, 3.8) is 0 Å². The van der Waals surface area contributed by atoms with Crippen LogP contribution in [0.15, 0.2) is 23.2 Å². The van der Waals surface area contributed by atoms with Crippen LogP contribution in [0.1, 0.15) is 33.1 Å². The second kappa shape index (κ2) is 9.89. The van der Waals surface area contributed by atoms with Gasteiger partial charge < -0.3 is 20.1 Å². The van der Waals surface area contributed by atoms with Gasteiger partial charge in [0.1, 0.15) is 5.75 Å². The Hall–Kier alpha value is -2.12. The highest BCUT2D eigenvalue weighted by molar-refractivity contribution is 7.11. The van der Waals surface area contributed by atoms with Crippen molar-refractivity contribution in [3.8, 4) is 5.75 Å². The van der Waals surface area contributed by atoms with Crippen molar-refractivity contribution < 1.29 is 9.47 Å². The Balaban J connectivity index is 1.56. The minimum absolute atomic E-state index is 0.488. The van der Waals surface area contributed by atoms with Crippen LogP contribution in [-0.2, 0) is 17.8 Å². The van der Waals surface area contributed by atoms with Gasteiger partial charge in [-0.25, -0.2) is 4.98 Å². The van der Waals surface area contributed by atoms with Crippen molar-refractivity contribution in [1.29, 1.82) is 0 Å². The fourth-order valence-electron chi connectivity index (χ4n) is 3.17. The second-order valence-electron chi connectivity index (χ2n) is 7.17. The lowest BCUT2D eigenvalue weighted by Crippen LogP contribution is -2.36. The summed E-state index contributed by atoms with van der Waals surface area (Å²) in [6.07, 6.45) is 1.08. The highest BCUT2D eigenvalue weighted by Gasteiger charge is 2.17. The van der Waals surface area contributed by atoms with E-state index in [0.717, 1.165) is 54.2 Å². The van der Waals surface area contributed by atoms with Crippen molar-refractivity contribution in [1.82, 2.24) is 15.6 Å². The Labute approximate surface area is 171 Å². The smallest absolute Gasteiger partial charge is 0.191 e. The SMILES string of the molecule is CN=C(NCc1ccc(C)cc1OCC1CCOC1)NCc1sc(C)nc1C. The first kappa shape index (κ1) is 20.6. The number of nitrogens with one attached hydrogen (secondary N) is 2. The summed E-state index contributed by atoms with van der Waals surface area (Å²) in [5.74, 6) is 2.19. The summed E-state index contributed by atoms with van der Waals surface area (Å²) < 4.78 is 11.6. The van der Waals surface area contributed by atoms with Crippen molar-refractivity contribution in [2.45, 2.75) is 40.3 Å². The monoisotopic (exact) mass is 402 g/mol. The molecule has 1 aliphatic heterocycles. The number of aliphatic imine (C=N–C) groups is 1. The van der Waals surface area contributed by atoms with Crippen molar-refractivity contribution in [2.24, 2.45) is 10.9 Å². The van der Waals surface area contributed by atoms with E-state index >= 15 is 0 Å². The summed E-state index contributed by atoms with van der Waals surface area (Å²) in [6.45, 7) is 9.87. The Morgan fingerprint density at radius 3 is 2.79 bits per heavy atom. The molecule has 0 aliphatic carbocycles. The maximum absolute atomic E-state index is 6.13. The zero-order valence-corrected chi connectivity index (χ0v) is 18.0. The average molecular weight is 403 g/mol. The van der Waals surface area contributed by atoms with Gasteiger partial charge in [-0.2, -0.15) is 0 Å². The molecular formula is C21H30N4O2S. The second-order valence-corrected chi connectivity index (χ2v) is 8.46. The number of guanidine groups is 1. The largest absolute Gasteiger partial charge is 0.493 e. The molecule has 1 unspecified atom stereocenters. The number of thiazole rings is 1. The molecule has 6 nitrogen and oxygen atoms in total. The molecule has 3 rings (SSSR count). The molecule has 2 N–H and O–H groups in total. The van der Waals surface area contributed by atoms with Crippen LogP contribution in [0.3, 0.4) is 0 Å². The molecule has 0 spiro atoms. The lowest BCUT2D eigenvalue weighted by atomic mass is 10.1. The predicted octanol–water partition coefficient (Wildman–Crippen LogP) is 3.35. The summed E-state index contributed by atoms with van der Waals surface area (Å²) in [5, 5.41) is 7.85. The summed E-state index contributed by atoms with van der Waals surface area (Å²) in [4.78, 5) is 10.0. The predicted molar refractivity (Wildman–Crippen MR) is 114 cm³/mol. The Morgan fingerprint density at radius 1 is 1.29 bits per heavy atom. The molecule has 1 fully saturated rings. The first-order valence-electron chi connectivity index (χ1n) is 9.72. The number of hydrogen-bond donors (Lipinski definition) is 2. The van der Waals surface area contributed by atoms with Crippen LogP contribution in [0, 0.1) is 26.7 Å². The number of rotatable bonds is 7. The average Bonchev–Trinajstić information content (AvgIpc) is 3.30. The molecule has 0 amide bonds. The maximum Gasteiger partial charge on any atom is 0.191 e. The molecule has 1 aromatic carbocycles. The van der Waals surface area contributed by atoms with E-state index in [9.17, 15) is 0 Å². The fourth-order valence-corrected chi connectivity index (χ4v) is 4.04. The first-order valence-corrected chi connectivity index (χ1v) is 10.5.